The number of hydrogen-bond donors (Lipinski definition) is 3. The van der Waals surface area contributed by atoms with E-state index in [0.29, 0.717) is 0 Å². The van der Waals surface area contributed by atoms with Gasteiger partial charge in [0.05, 0.1) is 11.1 Å². The van der Waals surface area contributed by atoms with Crippen molar-refractivity contribution in [3.63, 3.8) is 0 Å². The third kappa shape index (κ3) is 3.48. The molecule has 0 aliphatic heterocycles. The molecule has 3 N–H and O–H groups in total. The first-order valence-corrected chi connectivity index (χ1v) is 4.49. The number of aliphatic hydroxyl groups is 1. The lowest BCUT2D eigenvalue weighted by atomic mass is 10.3. The molecule has 9 heteroatoms. The van der Waals surface area contributed by atoms with Gasteiger partial charge in [-0.1, -0.05) is 0 Å². The molecule has 1 atom stereocenters. The molecule has 0 bridgehead atoms. The molecule has 0 aliphatic rings. The highest BCUT2D eigenvalue weighted by Gasteiger charge is 2.19. The molecule has 1 rings (SSSR count). The molecule has 1 unspecified atom stereocenters. The molecule has 1 amide bonds. The first-order chi connectivity index (χ1) is 7.91. The van der Waals surface area contributed by atoms with E-state index in [4.69, 9.17) is 5.11 Å². The fraction of sp³-hybridized carbons (Fsp3) is 0.375. The Morgan fingerprint density at radius 1 is 1.65 bits per heavy atom. The van der Waals surface area contributed by atoms with Crippen LogP contribution in [0.15, 0.2) is 12.3 Å². The van der Waals surface area contributed by atoms with Crippen LogP contribution in [0.5, 0.6) is 0 Å². The minimum atomic E-state index is -2.96. The van der Waals surface area contributed by atoms with Gasteiger partial charge in [-0.3, -0.25) is 14.9 Å². The zero-order valence-corrected chi connectivity index (χ0v) is 8.39. The molecule has 1 heterocycles. The van der Waals surface area contributed by atoms with Crippen molar-refractivity contribution in [1.29, 1.82) is 0 Å². The van der Waals surface area contributed by atoms with Crippen LogP contribution in [0.3, 0.4) is 0 Å². The summed E-state index contributed by atoms with van der Waals surface area (Å²) in [5.74, 6) is -0.808. The van der Waals surface area contributed by atoms with Crippen molar-refractivity contribution in [2.45, 2.75) is 12.5 Å². The highest BCUT2D eigenvalue weighted by Crippen LogP contribution is 2.11. The number of H-pyrrole nitrogens is 1. The van der Waals surface area contributed by atoms with E-state index in [2.05, 4.69) is 4.98 Å². The van der Waals surface area contributed by atoms with Gasteiger partial charge in [-0.15, -0.1) is 0 Å². The summed E-state index contributed by atoms with van der Waals surface area (Å²) in [7, 11) is 0. The lowest BCUT2D eigenvalue weighted by Gasteiger charge is -2.09. The number of halogens is 2. The summed E-state index contributed by atoms with van der Waals surface area (Å²) in [6.45, 7) is -0.636. The second-order valence-electron chi connectivity index (χ2n) is 3.14. The molecule has 1 aromatic rings. The van der Waals surface area contributed by atoms with Crippen molar-refractivity contribution >= 4 is 11.6 Å². The molecule has 1 aromatic heterocycles. The highest BCUT2D eigenvalue weighted by molar-refractivity contribution is 5.93. The molecule has 7 nitrogen and oxygen atoms in total. The van der Waals surface area contributed by atoms with E-state index >= 15 is 0 Å². The van der Waals surface area contributed by atoms with Crippen molar-refractivity contribution in [3.05, 3.63) is 28.1 Å². The van der Waals surface area contributed by atoms with E-state index in [1.165, 1.54) is 0 Å². The number of hydrogen-bond acceptors (Lipinski definition) is 4. The quantitative estimate of drug-likeness (QED) is 0.514. The third-order valence-corrected chi connectivity index (χ3v) is 1.89. The number of nitrogens with one attached hydrogen (secondary N) is 2. The van der Waals surface area contributed by atoms with Crippen molar-refractivity contribution in [2.75, 3.05) is 6.54 Å². The summed E-state index contributed by atoms with van der Waals surface area (Å²) in [6.07, 6.45) is -3.93. The molecule has 17 heavy (non-hydrogen) atoms. The van der Waals surface area contributed by atoms with E-state index < -0.39 is 29.9 Å². The summed E-state index contributed by atoms with van der Waals surface area (Å²) >= 11 is 0. The number of aromatic amines is 1. The average molecular weight is 249 g/mol. The van der Waals surface area contributed by atoms with Gasteiger partial charge >= 0.3 is 0 Å². The lowest BCUT2D eigenvalue weighted by molar-refractivity contribution is -0.384. The van der Waals surface area contributed by atoms with Crippen LogP contribution in [-0.4, -0.2) is 40.0 Å². The zero-order valence-electron chi connectivity index (χ0n) is 8.39. The smallest absolute Gasteiger partial charge is 0.287 e. The van der Waals surface area contributed by atoms with Crippen LogP contribution in [-0.2, 0) is 0 Å². The van der Waals surface area contributed by atoms with Gasteiger partial charge in [-0.2, -0.15) is 0 Å². The molecule has 0 aromatic carbocycles. The van der Waals surface area contributed by atoms with E-state index in [1.807, 2.05) is 5.32 Å². The number of carbonyl (C=O) groups excluding carboxylic acids is 1. The van der Waals surface area contributed by atoms with Crippen molar-refractivity contribution in [2.24, 2.45) is 0 Å². The normalized spacial score (nSPS) is 12.5. The topological polar surface area (TPSA) is 108 Å². The Labute approximate surface area is 93.6 Å². The van der Waals surface area contributed by atoms with Gasteiger partial charge in [-0.25, -0.2) is 8.78 Å². The van der Waals surface area contributed by atoms with Crippen LogP contribution in [0.1, 0.15) is 10.5 Å². The van der Waals surface area contributed by atoms with Gasteiger partial charge in [-0.05, 0) is 0 Å². The first kappa shape index (κ1) is 13.0. The monoisotopic (exact) mass is 249 g/mol. The van der Waals surface area contributed by atoms with Crippen molar-refractivity contribution in [1.82, 2.24) is 10.3 Å². The summed E-state index contributed by atoms with van der Waals surface area (Å²) in [5.41, 5.74) is -0.456. The number of amides is 1. The van der Waals surface area contributed by atoms with E-state index in [-0.39, 0.29) is 11.4 Å². The highest BCUT2D eigenvalue weighted by atomic mass is 19.3. The van der Waals surface area contributed by atoms with Crippen molar-refractivity contribution < 1.29 is 23.6 Å². The second-order valence-corrected chi connectivity index (χ2v) is 3.14. The predicted octanol–water partition coefficient (Wildman–Crippen LogP) is 0.279. The maximum Gasteiger partial charge on any atom is 0.287 e. The van der Waals surface area contributed by atoms with Gasteiger partial charge in [0.2, 0.25) is 0 Å². The molecule has 0 aliphatic carbocycles. The predicted molar refractivity (Wildman–Crippen MR) is 51.8 cm³/mol. The molecular formula is C8H9F2N3O4. The maximum atomic E-state index is 11.9. The standard InChI is InChI=1S/C8H9F2N3O4/c9-7(10)6(14)3-12-8(15)5-1-4(2-11-5)13(16)17/h1-2,6-7,11,14H,3H2,(H,12,15). The molecule has 0 saturated carbocycles. The van der Waals surface area contributed by atoms with Gasteiger partial charge < -0.3 is 15.4 Å². The lowest BCUT2D eigenvalue weighted by Crippen LogP contribution is -2.35. The number of aromatic nitrogens is 1. The number of nitro groups is 1. The average Bonchev–Trinajstić information content (AvgIpc) is 2.74. The largest absolute Gasteiger partial charge is 0.385 e. The zero-order chi connectivity index (χ0) is 13.0. The van der Waals surface area contributed by atoms with Gasteiger partial charge in [0.1, 0.15) is 11.8 Å². The SMILES string of the molecule is O=C(NCC(O)C(F)F)c1cc([N+](=O)[O-])c[nH]1. The van der Waals surface area contributed by atoms with Crippen molar-refractivity contribution in [3.8, 4) is 0 Å². The van der Waals surface area contributed by atoms with E-state index in [9.17, 15) is 23.7 Å². The number of rotatable bonds is 5. The number of aliphatic hydroxyl groups excluding tert-OH is 1. The van der Waals surface area contributed by atoms with Gasteiger partial charge in [0.25, 0.3) is 18.0 Å². The Morgan fingerprint density at radius 2 is 2.29 bits per heavy atom. The minimum absolute atomic E-state index is 0.141. The Kier molecular flexibility index (Phi) is 4.10. The fourth-order valence-corrected chi connectivity index (χ4v) is 1.00. The van der Waals surface area contributed by atoms with Crippen LogP contribution in [0.4, 0.5) is 14.5 Å². The van der Waals surface area contributed by atoms with E-state index in [0.717, 1.165) is 12.3 Å². The summed E-state index contributed by atoms with van der Waals surface area (Å²) in [4.78, 5) is 23.2. The van der Waals surface area contributed by atoms with Crippen LogP contribution in [0, 0.1) is 10.1 Å². The van der Waals surface area contributed by atoms with Crippen LogP contribution in [0.25, 0.3) is 0 Å². The van der Waals surface area contributed by atoms with Crippen LogP contribution >= 0.6 is 0 Å². The molecule has 94 valence electrons. The maximum absolute atomic E-state index is 11.9. The molecular weight excluding hydrogens is 240 g/mol. The van der Waals surface area contributed by atoms with Crippen LogP contribution in [0.2, 0.25) is 0 Å². The Morgan fingerprint density at radius 3 is 2.76 bits per heavy atom. The number of alkyl halides is 2. The van der Waals surface area contributed by atoms with Gasteiger partial charge in [0, 0.05) is 12.6 Å². The Balaban J connectivity index is 2.55. The minimum Gasteiger partial charge on any atom is -0.385 e. The summed E-state index contributed by atoms with van der Waals surface area (Å²) in [6, 6.07) is 0.962. The summed E-state index contributed by atoms with van der Waals surface area (Å²) in [5, 5.41) is 21.0. The second kappa shape index (κ2) is 5.34. The Bertz CT molecular complexity index is 421. The van der Waals surface area contributed by atoms with Gasteiger partial charge in [0.15, 0.2) is 0 Å². The van der Waals surface area contributed by atoms with E-state index in [1.54, 1.807) is 0 Å². The number of carbonyl (C=O) groups is 1. The summed E-state index contributed by atoms with van der Waals surface area (Å²) < 4.78 is 23.8. The third-order valence-electron chi connectivity index (χ3n) is 1.89. The number of nitrogens with zero attached hydrogens (tertiary/aromatic N) is 1. The van der Waals surface area contributed by atoms with Crippen LogP contribution < -0.4 is 5.32 Å². The Hall–Kier alpha value is -2.03. The molecule has 0 saturated heterocycles. The fourth-order valence-electron chi connectivity index (χ4n) is 1.00. The first-order valence-electron chi connectivity index (χ1n) is 4.49. The molecule has 0 spiro atoms. The molecule has 0 radical (unpaired) electrons. The molecule has 0 fully saturated rings.